The van der Waals surface area contributed by atoms with Gasteiger partial charge in [-0.2, -0.15) is 0 Å². The highest BCUT2D eigenvalue weighted by atomic mass is 79.9. The smallest absolute Gasteiger partial charge is 0.261 e. The fourth-order valence-electron chi connectivity index (χ4n) is 0.777. The lowest BCUT2D eigenvalue weighted by molar-refractivity contribution is 0.0926. The summed E-state index contributed by atoms with van der Waals surface area (Å²) in [6, 6.07) is 3.37. The number of halogens is 1. The molecule has 2 N–H and O–H groups in total. The molecule has 1 unspecified atom stereocenters. The number of carbonyl (C=O) groups excluding carboxylic acids is 1. The molecular weight excluding hydrogens is 254 g/mol. The van der Waals surface area contributed by atoms with Crippen LogP contribution in [0.4, 0.5) is 0 Å². The maximum Gasteiger partial charge on any atom is 0.261 e. The second-order valence-electron chi connectivity index (χ2n) is 2.66. The lowest BCUT2D eigenvalue weighted by Gasteiger charge is -2.08. The van der Waals surface area contributed by atoms with Gasteiger partial charge in [0.1, 0.15) is 0 Å². The molecule has 1 amide bonds. The van der Waals surface area contributed by atoms with Crippen LogP contribution in [0, 0.1) is 0 Å². The third-order valence-electron chi connectivity index (χ3n) is 1.45. The van der Waals surface area contributed by atoms with Gasteiger partial charge in [0.15, 0.2) is 0 Å². The SMILES string of the molecule is CC(CO)NC(=O)c1ccc(Br)s1. The van der Waals surface area contributed by atoms with Crippen LogP contribution in [0.15, 0.2) is 15.9 Å². The van der Waals surface area contributed by atoms with E-state index in [0.717, 1.165) is 3.79 Å². The highest BCUT2D eigenvalue weighted by Crippen LogP contribution is 2.21. The van der Waals surface area contributed by atoms with E-state index in [2.05, 4.69) is 21.2 Å². The molecule has 0 spiro atoms. The van der Waals surface area contributed by atoms with Crippen LogP contribution >= 0.6 is 27.3 Å². The van der Waals surface area contributed by atoms with Crippen molar-refractivity contribution < 1.29 is 9.90 Å². The molecule has 0 fully saturated rings. The highest BCUT2D eigenvalue weighted by Gasteiger charge is 2.10. The van der Waals surface area contributed by atoms with Crippen molar-refractivity contribution in [3.63, 3.8) is 0 Å². The van der Waals surface area contributed by atoms with Crippen molar-refractivity contribution in [3.8, 4) is 0 Å². The molecule has 5 heteroatoms. The van der Waals surface area contributed by atoms with E-state index in [1.807, 2.05) is 6.07 Å². The lowest BCUT2D eigenvalue weighted by Crippen LogP contribution is -2.34. The maximum atomic E-state index is 11.4. The van der Waals surface area contributed by atoms with E-state index in [1.54, 1.807) is 13.0 Å². The van der Waals surface area contributed by atoms with Gasteiger partial charge in [0, 0.05) is 6.04 Å². The van der Waals surface area contributed by atoms with E-state index in [-0.39, 0.29) is 18.6 Å². The van der Waals surface area contributed by atoms with Crippen molar-refractivity contribution in [3.05, 3.63) is 20.8 Å². The van der Waals surface area contributed by atoms with Gasteiger partial charge in [-0.1, -0.05) is 0 Å². The normalized spacial score (nSPS) is 12.5. The molecule has 0 aliphatic heterocycles. The van der Waals surface area contributed by atoms with E-state index in [0.29, 0.717) is 4.88 Å². The number of aliphatic hydroxyl groups is 1. The monoisotopic (exact) mass is 263 g/mol. The first-order valence-corrected chi connectivity index (χ1v) is 5.41. The van der Waals surface area contributed by atoms with Gasteiger partial charge in [-0.25, -0.2) is 0 Å². The molecule has 0 aromatic carbocycles. The summed E-state index contributed by atoms with van der Waals surface area (Å²) in [5.74, 6) is -0.141. The van der Waals surface area contributed by atoms with Gasteiger partial charge in [-0.15, -0.1) is 11.3 Å². The van der Waals surface area contributed by atoms with Gasteiger partial charge in [-0.3, -0.25) is 4.79 Å². The van der Waals surface area contributed by atoms with E-state index in [4.69, 9.17) is 5.11 Å². The molecule has 0 aliphatic carbocycles. The van der Waals surface area contributed by atoms with Crippen LogP contribution < -0.4 is 5.32 Å². The Hall–Kier alpha value is -0.390. The number of carbonyl (C=O) groups is 1. The summed E-state index contributed by atoms with van der Waals surface area (Å²) in [6.45, 7) is 1.71. The molecule has 1 aromatic heterocycles. The fourth-order valence-corrected chi connectivity index (χ4v) is 2.07. The van der Waals surface area contributed by atoms with Gasteiger partial charge in [0.25, 0.3) is 5.91 Å². The third kappa shape index (κ3) is 3.10. The van der Waals surface area contributed by atoms with E-state index >= 15 is 0 Å². The number of hydrogen-bond donors (Lipinski definition) is 2. The number of nitrogens with one attached hydrogen (secondary N) is 1. The molecular formula is C8H10BrNO2S. The van der Waals surface area contributed by atoms with Crippen molar-refractivity contribution in [2.24, 2.45) is 0 Å². The zero-order chi connectivity index (χ0) is 9.84. The Kier molecular flexibility index (Phi) is 3.90. The van der Waals surface area contributed by atoms with Crippen molar-refractivity contribution in [1.82, 2.24) is 5.32 Å². The number of aliphatic hydroxyl groups excluding tert-OH is 1. The molecule has 0 radical (unpaired) electrons. The fraction of sp³-hybridized carbons (Fsp3) is 0.375. The van der Waals surface area contributed by atoms with Crippen LogP contribution in [0.5, 0.6) is 0 Å². The van der Waals surface area contributed by atoms with E-state index in [9.17, 15) is 4.79 Å². The van der Waals surface area contributed by atoms with Gasteiger partial charge in [-0.05, 0) is 35.0 Å². The largest absolute Gasteiger partial charge is 0.394 e. The highest BCUT2D eigenvalue weighted by molar-refractivity contribution is 9.11. The first-order chi connectivity index (χ1) is 6.13. The minimum atomic E-state index is -0.201. The molecule has 0 saturated carbocycles. The Balaban J connectivity index is 2.58. The first kappa shape index (κ1) is 10.7. The van der Waals surface area contributed by atoms with Gasteiger partial charge < -0.3 is 10.4 Å². The first-order valence-electron chi connectivity index (χ1n) is 3.80. The molecule has 0 aliphatic rings. The molecule has 1 rings (SSSR count). The summed E-state index contributed by atoms with van der Waals surface area (Å²) in [5.41, 5.74) is 0. The zero-order valence-electron chi connectivity index (χ0n) is 7.08. The number of hydrogen-bond acceptors (Lipinski definition) is 3. The molecule has 1 atom stereocenters. The second kappa shape index (κ2) is 4.74. The van der Waals surface area contributed by atoms with Crippen molar-refractivity contribution in [2.45, 2.75) is 13.0 Å². The minimum Gasteiger partial charge on any atom is -0.394 e. The predicted molar refractivity (Wildman–Crippen MR) is 56.0 cm³/mol. The molecule has 3 nitrogen and oxygen atoms in total. The number of thiophene rings is 1. The number of amides is 1. The molecule has 0 bridgehead atoms. The van der Waals surface area contributed by atoms with Crippen LogP contribution in [-0.2, 0) is 0 Å². The average Bonchev–Trinajstić information content (AvgIpc) is 2.51. The summed E-state index contributed by atoms with van der Waals surface area (Å²) in [7, 11) is 0. The average molecular weight is 264 g/mol. The summed E-state index contributed by atoms with van der Waals surface area (Å²) in [6.07, 6.45) is 0. The maximum absolute atomic E-state index is 11.4. The number of rotatable bonds is 3. The Morgan fingerprint density at radius 3 is 2.92 bits per heavy atom. The summed E-state index contributed by atoms with van der Waals surface area (Å²) in [5, 5.41) is 11.4. The van der Waals surface area contributed by atoms with E-state index in [1.165, 1.54) is 11.3 Å². The summed E-state index contributed by atoms with van der Waals surface area (Å²) >= 11 is 4.64. The van der Waals surface area contributed by atoms with Crippen molar-refractivity contribution in [2.75, 3.05) is 6.61 Å². The Bertz CT molecular complexity index is 300. The molecule has 1 aromatic rings. The van der Waals surface area contributed by atoms with Gasteiger partial charge in [0.2, 0.25) is 0 Å². The van der Waals surface area contributed by atoms with Crippen LogP contribution in [0.2, 0.25) is 0 Å². The Morgan fingerprint density at radius 2 is 2.46 bits per heavy atom. The van der Waals surface area contributed by atoms with Crippen molar-refractivity contribution in [1.29, 1.82) is 0 Å². The second-order valence-corrected chi connectivity index (χ2v) is 5.12. The van der Waals surface area contributed by atoms with E-state index < -0.39 is 0 Å². The third-order valence-corrected chi connectivity index (χ3v) is 3.07. The molecule has 72 valence electrons. The molecule has 0 saturated heterocycles. The summed E-state index contributed by atoms with van der Waals surface area (Å²) in [4.78, 5) is 12.0. The predicted octanol–water partition coefficient (Wildman–Crippen LogP) is 1.62. The van der Waals surface area contributed by atoms with Crippen LogP contribution in [0.25, 0.3) is 0 Å². The standard InChI is InChI=1S/C8H10BrNO2S/c1-5(4-11)10-8(12)6-2-3-7(9)13-6/h2-3,5,11H,4H2,1H3,(H,10,12). The Labute approximate surface area is 88.9 Å². The zero-order valence-corrected chi connectivity index (χ0v) is 9.48. The van der Waals surface area contributed by atoms with Crippen molar-refractivity contribution >= 4 is 33.2 Å². The lowest BCUT2D eigenvalue weighted by atomic mass is 10.3. The van der Waals surface area contributed by atoms with Gasteiger partial charge >= 0.3 is 0 Å². The van der Waals surface area contributed by atoms with Crippen LogP contribution in [0.3, 0.4) is 0 Å². The topological polar surface area (TPSA) is 49.3 Å². The minimum absolute atomic E-state index is 0.0434. The molecule has 1 heterocycles. The molecule has 13 heavy (non-hydrogen) atoms. The van der Waals surface area contributed by atoms with Gasteiger partial charge in [0.05, 0.1) is 15.3 Å². The summed E-state index contributed by atoms with van der Waals surface area (Å²) < 4.78 is 0.925. The quantitative estimate of drug-likeness (QED) is 0.871. The van der Waals surface area contributed by atoms with Crippen LogP contribution in [0.1, 0.15) is 16.6 Å². The van der Waals surface area contributed by atoms with Crippen LogP contribution in [-0.4, -0.2) is 23.7 Å². The Morgan fingerprint density at radius 1 is 1.77 bits per heavy atom.